The lowest BCUT2D eigenvalue weighted by molar-refractivity contribution is 0.200. The van der Waals surface area contributed by atoms with E-state index in [-0.39, 0.29) is 6.04 Å². The number of thioether (sulfide) groups is 1. The Morgan fingerprint density at radius 3 is 2.62 bits per heavy atom. The minimum atomic E-state index is 0.119. The third-order valence-electron chi connectivity index (χ3n) is 2.56. The van der Waals surface area contributed by atoms with Gasteiger partial charge in [0.2, 0.25) is 0 Å². The number of benzene rings is 1. The summed E-state index contributed by atoms with van der Waals surface area (Å²) < 4.78 is 5.02. The molecule has 0 radical (unpaired) electrons. The fourth-order valence-electron chi connectivity index (χ4n) is 1.52. The molecule has 2 unspecified atom stereocenters. The van der Waals surface area contributed by atoms with Gasteiger partial charge in [0.1, 0.15) is 0 Å². The van der Waals surface area contributed by atoms with Crippen molar-refractivity contribution in [2.75, 3.05) is 19.5 Å². The van der Waals surface area contributed by atoms with E-state index >= 15 is 0 Å². The fraction of sp³-hybridized carbons (Fsp3) is 0.538. The Morgan fingerprint density at radius 1 is 1.31 bits per heavy atom. The molecule has 0 bridgehead atoms. The molecule has 2 N–H and O–H groups in total. The highest BCUT2D eigenvalue weighted by Crippen LogP contribution is 2.24. The number of rotatable bonds is 7. The Bertz CT molecular complexity index is 279. The van der Waals surface area contributed by atoms with Crippen LogP contribution in [0.4, 0.5) is 0 Å². The minimum Gasteiger partial charge on any atom is -0.385 e. The second-order valence-electron chi connectivity index (χ2n) is 3.86. The molecule has 0 spiro atoms. The fourth-order valence-corrected chi connectivity index (χ4v) is 2.54. The van der Waals surface area contributed by atoms with Gasteiger partial charge in [-0.15, -0.1) is 0 Å². The lowest BCUT2D eigenvalue weighted by Crippen LogP contribution is -2.21. The average molecular weight is 239 g/mol. The van der Waals surface area contributed by atoms with E-state index in [1.54, 1.807) is 7.11 Å². The summed E-state index contributed by atoms with van der Waals surface area (Å²) in [5, 5.41) is 0.444. The molecule has 0 saturated carbocycles. The molecule has 0 saturated heterocycles. The van der Waals surface area contributed by atoms with Gasteiger partial charge in [0.15, 0.2) is 0 Å². The molecule has 90 valence electrons. The lowest BCUT2D eigenvalue weighted by Gasteiger charge is -2.19. The SMILES string of the molecule is COCCCSC(C)C(N)c1ccccc1. The van der Waals surface area contributed by atoms with Crippen molar-refractivity contribution in [3.05, 3.63) is 35.9 Å². The zero-order valence-electron chi connectivity index (χ0n) is 10.1. The van der Waals surface area contributed by atoms with Crippen LogP contribution in [0.1, 0.15) is 24.9 Å². The van der Waals surface area contributed by atoms with E-state index in [4.69, 9.17) is 10.5 Å². The summed E-state index contributed by atoms with van der Waals surface area (Å²) in [4.78, 5) is 0. The van der Waals surface area contributed by atoms with Gasteiger partial charge in [0, 0.05) is 25.0 Å². The molecule has 1 aromatic rings. The highest BCUT2D eigenvalue weighted by molar-refractivity contribution is 7.99. The molecule has 0 aliphatic heterocycles. The van der Waals surface area contributed by atoms with Crippen molar-refractivity contribution in [2.45, 2.75) is 24.6 Å². The van der Waals surface area contributed by atoms with Gasteiger partial charge in [-0.2, -0.15) is 11.8 Å². The number of ether oxygens (including phenoxy) is 1. The van der Waals surface area contributed by atoms with Crippen molar-refractivity contribution in [3.8, 4) is 0 Å². The number of nitrogens with two attached hydrogens (primary N) is 1. The third-order valence-corrected chi connectivity index (χ3v) is 3.91. The molecular formula is C13H21NOS. The highest BCUT2D eigenvalue weighted by Gasteiger charge is 2.14. The molecule has 1 rings (SSSR count). The van der Waals surface area contributed by atoms with Crippen molar-refractivity contribution in [3.63, 3.8) is 0 Å². The standard InChI is InChI=1S/C13H21NOS/c1-11(16-10-6-9-15-2)13(14)12-7-4-3-5-8-12/h3-5,7-8,11,13H,6,9-10,14H2,1-2H3. The molecule has 3 heteroatoms. The van der Waals surface area contributed by atoms with Gasteiger partial charge in [-0.25, -0.2) is 0 Å². The van der Waals surface area contributed by atoms with Crippen LogP contribution in [0.15, 0.2) is 30.3 Å². The maximum Gasteiger partial charge on any atom is 0.0470 e. The maximum absolute atomic E-state index is 6.20. The number of hydrogen-bond donors (Lipinski definition) is 1. The second kappa shape index (κ2) is 7.71. The summed E-state index contributed by atoms with van der Waals surface area (Å²) in [6.07, 6.45) is 1.09. The monoisotopic (exact) mass is 239 g/mol. The Morgan fingerprint density at radius 2 is 2.00 bits per heavy atom. The summed E-state index contributed by atoms with van der Waals surface area (Å²) in [5.74, 6) is 1.11. The van der Waals surface area contributed by atoms with E-state index in [2.05, 4.69) is 19.1 Å². The normalized spacial score (nSPS) is 14.7. The van der Waals surface area contributed by atoms with Crippen molar-refractivity contribution < 1.29 is 4.74 Å². The van der Waals surface area contributed by atoms with E-state index in [9.17, 15) is 0 Å². The summed E-state index contributed by atoms with van der Waals surface area (Å²) in [6.45, 7) is 3.02. The molecule has 0 aromatic heterocycles. The van der Waals surface area contributed by atoms with Crippen LogP contribution in [0.5, 0.6) is 0 Å². The Hall–Kier alpha value is -0.510. The van der Waals surface area contributed by atoms with Crippen LogP contribution in [0.3, 0.4) is 0 Å². The molecule has 0 heterocycles. The summed E-state index contributed by atoms with van der Waals surface area (Å²) in [7, 11) is 1.74. The average Bonchev–Trinajstić information content (AvgIpc) is 2.34. The summed E-state index contributed by atoms with van der Waals surface area (Å²) >= 11 is 1.91. The van der Waals surface area contributed by atoms with Crippen LogP contribution in [0.25, 0.3) is 0 Å². The minimum absolute atomic E-state index is 0.119. The second-order valence-corrected chi connectivity index (χ2v) is 5.34. The number of methoxy groups -OCH3 is 1. The zero-order chi connectivity index (χ0) is 11.8. The van der Waals surface area contributed by atoms with Gasteiger partial charge in [-0.05, 0) is 17.7 Å². The summed E-state index contributed by atoms with van der Waals surface area (Å²) in [6, 6.07) is 10.4. The highest BCUT2D eigenvalue weighted by atomic mass is 32.2. The molecule has 2 atom stereocenters. The van der Waals surface area contributed by atoms with Crippen LogP contribution in [-0.4, -0.2) is 24.7 Å². The van der Waals surface area contributed by atoms with Crippen molar-refractivity contribution in [1.29, 1.82) is 0 Å². The first-order chi connectivity index (χ1) is 7.75. The molecule has 0 aliphatic carbocycles. The molecule has 16 heavy (non-hydrogen) atoms. The predicted octanol–water partition coefficient (Wildman–Crippen LogP) is 2.84. The van der Waals surface area contributed by atoms with Gasteiger partial charge in [0.25, 0.3) is 0 Å². The predicted molar refractivity (Wildman–Crippen MR) is 71.8 cm³/mol. The van der Waals surface area contributed by atoms with Crippen LogP contribution in [-0.2, 0) is 4.74 Å². The molecule has 2 nitrogen and oxygen atoms in total. The van der Waals surface area contributed by atoms with Crippen LogP contribution in [0.2, 0.25) is 0 Å². The first-order valence-electron chi connectivity index (χ1n) is 5.66. The van der Waals surface area contributed by atoms with Gasteiger partial charge in [-0.3, -0.25) is 0 Å². The molecule has 1 aromatic carbocycles. The van der Waals surface area contributed by atoms with E-state index in [0.717, 1.165) is 18.8 Å². The largest absolute Gasteiger partial charge is 0.385 e. The van der Waals surface area contributed by atoms with Gasteiger partial charge < -0.3 is 10.5 Å². The molecule has 0 aliphatic rings. The van der Waals surface area contributed by atoms with E-state index in [1.807, 2.05) is 30.0 Å². The van der Waals surface area contributed by atoms with Crippen molar-refractivity contribution in [1.82, 2.24) is 0 Å². The van der Waals surface area contributed by atoms with Crippen molar-refractivity contribution >= 4 is 11.8 Å². The third kappa shape index (κ3) is 4.56. The Labute approximate surface area is 103 Å². The smallest absolute Gasteiger partial charge is 0.0470 e. The summed E-state index contributed by atoms with van der Waals surface area (Å²) in [5.41, 5.74) is 7.42. The number of hydrogen-bond acceptors (Lipinski definition) is 3. The zero-order valence-corrected chi connectivity index (χ0v) is 10.9. The molecular weight excluding hydrogens is 218 g/mol. The van der Waals surface area contributed by atoms with Gasteiger partial charge >= 0.3 is 0 Å². The molecule has 0 fully saturated rings. The van der Waals surface area contributed by atoms with E-state index in [0.29, 0.717) is 5.25 Å². The van der Waals surface area contributed by atoms with Gasteiger partial charge in [-0.1, -0.05) is 37.3 Å². The molecule has 0 amide bonds. The Balaban J connectivity index is 2.33. The first-order valence-corrected chi connectivity index (χ1v) is 6.71. The maximum atomic E-state index is 6.20. The Kier molecular flexibility index (Phi) is 6.53. The van der Waals surface area contributed by atoms with E-state index in [1.165, 1.54) is 5.56 Å². The van der Waals surface area contributed by atoms with Crippen LogP contribution in [0, 0.1) is 0 Å². The quantitative estimate of drug-likeness (QED) is 0.743. The van der Waals surface area contributed by atoms with Crippen LogP contribution >= 0.6 is 11.8 Å². The first kappa shape index (κ1) is 13.6. The van der Waals surface area contributed by atoms with Crippen LogP contribution < -0.4 is 5.73 Å². The van der Waals surface area contributed by atoms with Gasteiger partial charge in [0.05, 0.1) is 0 Å². The lowest BCUT2D eigenvalue weighted by atomic mass is 10.1. The topological polar surface area (TPSA) is 35.2 Å². The van der Waals surface area contributed by atoms with Crippen molar-refractivity contribution in [2.24, 2.45) is 5.73 Å². The van der Waals surface area contributed by atoms with E-state index < -0.39 is 0 Å².